The molecule has 0 spiro atoms. The first kappa shape index (κ1) is 14.6. The predicted octanol–water partition coefficient (Wildman–Crippen LogP) is 2.91. The van der Waals surface area contributed by atoms with Gasteiger partial charge in [0.05, 0.1) is 17.3 Å². The van der Waals surface area contributed by atoms with Crippen molar-refractivity contribution < 1.29 is 13.5 Å². The number of nitrogens with zero attached hydrogens (tertiary/aromatic N) is 1. The van der Waals surface area contributed by atoms with Crippen LogP contribution in [0.1, 0.15) is 5.56 Å². The maximum absolute atomic E-state index is 13.6. The summed E-state index contributed by atoms with van der Waals surface area (Å²) in [4.78, 5) is 0. The molecule has 2 aromatic carbocycles. The van der Waals surface area contributed by atoms with Gasteiger partial charge < -0.3 is 15.8 Å². The zero-order valence-corrected chi connectivity index (χ0v) is 11.1. The standard InChI is InChI=1S/C15H13F2N3O/c16-11-7-10(9-18)8-12(17)15(11)20-5-6-21-14-4-2-1-3-13(14)19/h1-4,7-8,20H,5-6,19H2. The van der Waals surface area contributed by atoms with Gasteiger partial charge in [0.25, 0.3) is 0 Å². The maximum Gasteiger partial charge on any atom is 0.150 e. The molecule has 0 atom stereocenters. The summed E-state index contributed by atoms with van der Waals surface area (Å²) in [6.45, 7) is 0.376. The molecule has 0 heterocycles. The van der Waals surface area contributed by atoms with Crippen LogP contribution in [0.4, 0.5) is 20.2 Å². The number of hydrogen-bond donors (Lipinski definition) is 2. The first-order valence-corrected chi connectivity index (χ1v) is 6.22. The van der Waals surface area contributed by atoms with Crippen molar-refractivity contribution in [3.8, 4) is 11.8 Å². The van der Waals surface area contributed by atoms with Crippen molar-refractivity contribution in [1.82, 2.24) is 0 Å². The van der Waals surface area contributed by atoms with Gasteiger partial charge in [0.2, 0.25) is 0 Å². The van der Waals surface area contributed by atoms with Crippen LogP contribution in [0, 0.1) is 23.0 Å². The fourth-order valence-corrected chi connectivity index (χ4v) is 1.76. The van der Waals surface area contributed by atoms with E-state index in [4.69, 9.17) is 15.7 Å². The van der Waals surface area contributed by atoms with E-state index in [9.17, 15) is 8.78 Å². The minimum atomic E-state index is -0.814. The van der Waals surface area contributed by atoms with Gasteiger partial charge in [-0.3, -0.25) is 0 Å². The molecule has 0 aliphatic heterocycles. The number of nitriles is 1. The van der Waals surface area contributed by atoms with E-state index in [0.717, 1.165) is 12.1 Å². The molecule has 108 valence electrons. The third kappa shape index (κ3) is 3.60. The third-order valence-electron chi connectivity index (χ3n) is 2.75. The van der Waals surface area contributed by atoms with E-state index in [1.165, 1.54) is 0 Å². The molecule has 0 unspecified atom stereocenters. The number of rotatable bonds is 5. The molecule has 0 aliphatic carbocycles. The second-order valence-corrected chi connectivity index (χ2v) is 4.24. The van der Waals surface area contributed by atoms with Crippen LogP contribution in [0.15, 0.2) is 36.4 Å². The molecule has 0 aromatic heterocycles. The summed E-state index contributed by atoms with van der Waals surface area (Å²) in [5.41, 5.74) is 5.85. The van der Waals surface area contributed by atoms with E-state index in [1.807, 2.05) is 0 Å². The minimum Gasteiger partial charge on any atom is -0.490 e. The topological polar surface area (TPSA) is 71.1 Å². The second kappa shape index (κ2) is 6.57. The molecule has 3 N–H and O–H groups in total. The average molecular weight is 289 g/mol. The highest BCUT2D eigenvalue weighted by Crippen LogP contribution is 2.21. The first-order valence-electron chi connectivity index (χ1n) is 6.22. The van der Waals surface area contributed by atoms with Gasteiger partial charge in [0, 0.05) is 6.54 Å². The van der Waals surface area contributed by atoms with E-state index < -0.39 is 11.6 Å². The Hall–Kier alpha value is -2.81. The number of para-hydroxylation sites is 2. The molecule has 0 amide bonds. The lowest BCUT2D eigenvalue weighted by molar-refractivity contribution is 0.334. The molecule has 6 heteroatoms. The van der Waals surface area contributed by atoms with Crippen LogP contribution < -0.4 is 15.8 Å². The Morgan fingerprint density at radius 1 is 1.19 bits per heavy atom. The van der Waals surface area contributed by atoms with Crippen molar-refractivity contribution >= 4 is 11.4 Å². The number of nitrogens with one attached hydrogen (secondary N) is 1. The number of nitrogen functional groups attached to an aromatic ring is 1. The lowest BCUT2D eigenvalue weighted by atomic mass is 10.2. The fourth-order valence-electron chi connectivity index (χ4n) is 1.76. The van der Waals surface area contributed by atoms with Crippen molar-refractivity contribution in [3.63, 3.8) is 0 Å². The number of hydrogen-bond acceptors (Lipinski definition) is 4. The van der Waals surface area contributed by atoms with Gasteiger partial charge in [0.15, 0.2) is 11.6 Å². The summed E-state index contributed by atoms with van der Waals surface area (Å²) in [5.74, 6) is -1.11. The van der Waals surface area contributed by atoms with Crippen LogP contribution in [0.5, 0.6) is 5.75 Å². The van der Waals surface area contributed by atoms with Crippen LogP contribution in [0.3, 0.4) is 0 Å². The fraction of sp³-hybridized carbons (Fsp3) is 0.133. The van der Waals surface area contributed by atoms with Crippen molar-refractivity contribution in [1.29, 1.82) is 5.26 Å². The highest BCUT2D eigenvalue weighted by molar-refractivity contribution is 5.52. The van der Waals surface area contributed by atoms with E-state index in [0.29, 0.717) is 11.4 Å². The van der Waals surface area contributed by atoms with Gasteiger partial charge in [0.1, 0.15) is 18.0 Å². The van der Waals surface area contributed by atoms with Crippen LogP contribution >= 0.6 is 0 Å². The SMILES string of the molecule is N#Cc1cc(F)c(NCCOc2ccccc2N)c(F)c1. The summed E-state index contributed by atoms with van der Waals surface area (Å²) in [6.07, 6.45) is 0. The molecule has 2 rings (SSSR count). The van der Waals surface area contributed by atoms with Crippen LogP contribution in [-0.2, 0) is 0 Å². The summed E-state index contributed by atoms with van der Waals surface area (Å²) in [7, 11) is 0. The summed E-state index contributed by atoms with van der Waals surface area (Å²) >= 11 is 0. The Balaban J connectivity index is 1.93. The Bertz CT molecular complexity index is 660. The maximum atomic E-state index is 13.6. The van der Waals surface area contributed by atoms with Gasteiger partial charge in [-0.25, -0.2) is 8.78 Å². The molecule has 2 aromatic rings. The minimum absolute atomic E-state index is 0.0659. The zero-order chi connectivity index (χ0) is 15.2. The molecular weight excluding hydrogens is 276 g/mol. The highest BCUT2D eigenvalue weighted by Gasteiger charge is 2.10. The quantitative estimate of drug-likeness (QED) is 0.656. The number of benzene rings is 2. The number of halogens is 2. The van der Waals surface area contributed by atoms with Gasteiger partial charge in [-0.15, -0.1) is 0 Å². The van der Waals surface area contributed by atoms with Gasteiger partial charge in [-0.1, -0.05) is 12.1 Å². The first-order chi connectivity index (χ1) is 10.1. The van der Waals surface area contributed by atoms with E-state index in [2.05, 4.69) is 5.32 Å². The van der Waals surface area contributed by atoms with Gasteiger partial charge in [-0.2, -0.15) is 5.26 Å². The summed E-state index contributed by atoms with van der Waals surface area (Å²) in [6, 6.07) is 10.6. The Morgan fingerprint density at radius 3 is 2.48 bits per heavy atom. The number of anilines is 2. The zero-order valence-electron chi connectivity index (χ0n) is 11.1. The summed E-state index contributed by atoms with van der Waals surface area (Å²) in [5, 5.41) is 11.2. The van der Waals surface area contributed by atoms with Crippen molar-refractivity contribution in [3.05, 3.63) is 53.6 Å². The molecule has 0 radical (unpaired) electrons. The largest absolute Gasteiger partial charge is 0.490 e. The number of ether oxygens (including phenoxy) is 1. The molecule has 0 aliphatic rings. The molecule has 0 saturated heterocycles. The van der Waals surface area contributed by atoms with Gasteiger partial charge >= 0.3 is 0 Å². The second-order valence-electron chi connectivity index (χ2n) is 4.24. The Morgan fingerprint density at radius 2 is 1.86 bits per heavy atom. The Labute approximate surface area is 120 Å². The predicted molar refractivity (Wildman–Crippen MR) is 75.9 cm³/mol. The van der Waals surface area contributed by atoms with Crippen molar-refractivity contribution in [2.75, 3.05) is 24.2 Å². The Kier molecular flexibility index (Phi) is 4.57. The van der Waals surface area contributed by atoms with Crippen molar-refractivity contribution in [2.45, 2.75) is 0 Å². The summed E-state index contributed by atoms with van der Waals surface area (Å²) < 4.78 is 32.6. The third-order valence-corrected chi connectivity index (χ3v) is 2.75. The molecule has 4 nitrogen and oxygen atoms in total. The van der Waals surface area contributed by atoms with Crippen molar-refractivity contribution in [2.24, 2.45) is 0 Å². The molecule has 0 bridgehead atoms. The van der Waals surface area contributed by atoms with Crippen LogP contribution in [0.25, 0.3) is 0 Å². The lowest BCUT2D eigenvalue weighted by Crippen LogP contribution is -2.14. The highest BCUT2D eigenvalue weighted by atomic mass is 19.1. The van der Waals surface area contributed by atoms with E-state index in [1.54, 1.807) is 30.3 Å². The number of nitrogens with two attached hydrogens (primary N) is 1. The van der Waals surface area contributed by atoms with E-state index in [-0.39, 0.29) is 24.4 Å². The molecular formula is C15H13F2N3O. The molecule has 21 heavy (non-hydrogen) atoms. The smallest absolute Gasteiger partial charge is 0.150 e. The van der Waals surface area contributed by atoms with E-state index >= 15 is 0 Å². The monoisotopic (exact) mass is 289 g/mol. The average Bonchev–Trinajstić information content (AvgIpc) is 2.47. The van der Waals surface area contributed by atoms with Crippen LogP contribution in [0.2, 0.25) is 0 Å². The van der Waals surface area contributed by atoms with Crippen LogP contribution in [-0.4, -0.2) is 13.2 Å². The molecule has 0 fully saturated rings. The molecule has 0 saturated carbocycles. The lowest BCUT2D eigenvalue weighted by Gasteiger charge is -2.11. The van der Waals surface area contributed by atoms with Gasteiger partial charge in [-0.05, 0) is 24.3 Å². The normalized spacial score (nSPS) is 9.95.